The number of phenols is 1. The number of benzene rings is 2. The van der Waals surface area contributed by atoms with E-state index in [1.54, 1.807) is 25.1 Å². The first-order valence-corrected chi connectivity index (χ1v) is 6.25. The lowest BCUT2D eigenvalue weighted by Gasteiger charge is -2.14. The Kier molecular flexibility index (Phi) is 4.07. The number of hydrogen-bond acceptors (Lipinski definition) is 3. The van der Waals surface area contributed by atoms with Crippen LogP contribution in [0.15, 0.2) is 42.5 Å². The van der Waals surface area contributed by atoms with Gasteiger partial charge in [0.05, 0.1) is 6.10 Å². The molecule has 0 amide bonds. The van der Waals surface area contributed by atoms with Crippen LogP contribution in [-0.2, 0) is 6.61 Å². The predicted octanol–water partition coefficient (Wildman–Crippen LogP) is 3.33. The van der Waals surface area contributed by atoms with Gasteiger partial charge in [-0.15, -0.1) is 0 Å². The van der Waals surface area contributed by atoms with E-state index < -0.39 is 6.10 Å². The largest absolute Gasteiger partial charge is 0.508 e. The first-order chi connectivity index (χ1) is 9.06. The van der Waals surface area contributed by atoms with Crippen LogP contribution >= 0.6 is 0 Å². The number of aliphatic hydroxyl groups is 1. The summed E-state index contributed by atoms with van der Waals surface area (Å²) in [5, 5.41) is 19.1. The fourth-order valence-electron chi connectivity index (χ4n) is 1.92. The van der Waals surface area contributed by atoms with Gasteiger partial charge >= 0.3 is 0 Å². The molecule has 0 saturated carbocycles. The molecule has 0 saturated heterocycles. The van der Waals surface area contributed by atoms with E-state index in [1.165, 1.54) is 0 Å². The molecule has 100 valence electrons. The van der Waals surface area contributed by atoms with Gasteiger partial charge in [-0.25, -0.2) is 0 Å². The molecule has 0 spiro atoms. The fourth-order valence-corrected chi connectivity index (χ4v) is 1.92. The quantitative estimate of drug-likeness (QED) is 0.884. The van der Waals surface area contributed by atoms with Crippen molar-refractivity contribution in [3.8, 4) is 11.5 Å². The number of ether oxygens (including phenoxy) is 1. The molecule has 0 aliphatic carbocycles. The van der Waals surface area contributed by atoms with Gasteiger partial charge < -0.3 is 14.9 Å². The lowest BCUT2D eigenvalue weighted by atomic mass is 10.1. The van der Waals surface area contributed by atoms with Crippen LogP contribution in [0.4, 0.5) is 0 Å². The molecule has 3 heteroatoms. The smallest absolute Gasteiger partial charge is 0.125 e. The number of aromatic hydroxyl groups is 1. The molecule has 0 aliphatic heterocycles. The van der Waals surface area contributed by atoms with Crippen molar-refractivity contribution in [1.29, 1.82) is 0 Å². The number of aliphatic hydroxyl groups excluding tert-OH is 1. The molecular formula is C16H18O3. The van der Waals surface area contributed by atoms with Gasteiger partial charge in [-0.3, -0.25) is 0 Å². The van der Waals surface area contributed by atoms with Crippen LogP contribution < -0.4 is 4.74 Å². The third kappa shape index (κ3) is 3.48. The molecule has 0 unspecified atom stereocenters. The zero-order valence-electron chi connectivity index (χ0n) is 11.1. The van der Waals surface area contributed by atoms with Crippen LogP contribution in [-0.4, -0.2) is 10.2 Å². The van der Waals surface area contributed by atoms with Crippen LogP contribution in [0.5, 0.6) is 11.5 Å². The zero-order valence-corrected chi connectivity index (χ0v) is 11.1. The summed E-state index contributed by atoms with van der Waals surface area (Å²) in [7, 11) is 0. The van der Waals surface area contributed by atoms with Gasteiger partial charge in [0.15, 0.2) is 0 Å². The number of aryl methyl sites for hydroxylation is 1. The molecule has 1 atom stereocenters. The standard InChI is InChI=1S/C16H18O3/c1-11-6-7-15(12(2)17)16(8-11)19-10-13-4-3-5-14(18)9-13/h3-9,12,17-18H,10H2,1-2H3/t12-/m0/s1. The van der Waals surface area contributed by atoms with Crippen molar-refractivity contribution < 1.29 is 14.9 Å². The fraction of sp³-hybridized carbons (Fsp3) is 0.250. The number of hydrogen-bond donors (Lipinski definition) is 2. The van der Waals surface area contributed by atoms with Crippen molar-refractivity contribution in [2.24, 2.45) is 0 Å². The Morgan fingerprint density at radius 2 is 1.95 bits per heavy atom. The molecule has 2 rings (SSSR count). The first kappa shape index (κ1) is 13.4. The van der Waals surface area contributed by atoms with Crippen molar-refractivity contribution in [3.63, 3.8) is 0 Å². The van der Waals surface area contributed by atoms with Crippen LogP contribution in [0.1, 0.15) is 29.7 Å². The second-order valence-corrected chi connectivity index (χ2v) is 4.68. The Morgan fingerprint density at radius 3 is 2.63 bits per heavy atom. The normalized spacial score (nSPS) is 12.2. The van der Waals surface area contributed by atoms with E-state index in [4.69, 9.17) is 4.74 Å². The van der Waals surface area contributed by atoms with Gasteiger partial charge in [0.2, 0.25) is 0 Å². The molecule has 0 heterocycles. The highest BCUT2D eigenvalue weighted by Gasteiger charge is 2.09. The Morgan fingerprint density at radius 1 is 1.16 bits per heavy atom. The molecule has 3 nitrogen and oxygen atoms in total. The van der Waals surface area contributed by atoms with E-state index in [2.05, 4.69) is 0 Å². The Balaban J connectivity index is 2.17. The Bertz CT molecular complexity index is 562. The van der Waals surface area contributed by atoms with Crippen molar-refractivity contribution >= 4 is 0 Å². The third-order valence-electron chi connectivity index (χ3n) is 2.92. The maximum absolute atomic E-state index is 9.72. The highest BCUT2D eigenvalue weighted by atomic mass is 16.5. The van der Waals surface area contributed by atoms with Gasteiger partial charge in [-0.2, -0.15) is 0 Å². The second kappa shape index (κ2) is 5.76. The average molecular weight is 258 g/mol. The number of phenolic OH excluding ortho intramolecular Hbond substituents is 1. The molecule has 0 fully saturated rings. The summed E-state index contributed by atoms with van der Waals surface area (Å²) in [6.07, 6.45) is -0.570. The first-order valence-electron chi connectivity index (χ1n) is 6.25. The van der Waals surface area contributed by atoms with Gasteiger partial charge in [0.1, 0.15) is 18.1 Å². The second-order valence-electron chi connectivity index (χ2n) is 4.68. The van der Waals surface area contributed by atoms with Crippen LogP contribution in [0, 0.1) is 6.92 Å². The highest BCUT2D eigenvalue weighted by Crippen LogP contribution is 2.27. The maximum atomic E-state index is 9.72. The molecule has 19 heavy (non-hydrogen) atoms. The molecule has 2 N–H and O–H groups in total. The minimum atomic E-state index is -0.570. The summed E-state index contributed by atoms with van der Waals surface area (Å²) >= 11 is 0. The van der Waals surface area contributed by atoms with E-state index in [9.17, 15) is 10.2 Å². The van der Waals surface area contributed by atoms with Crippen LogP contribution in [0.2, 0.25) is 0 Å². The summed E-state index contributed by atoms with van der Waals surface area (Å²) in [6.45, 7) is 4.05. The SMILES string of the molecule is Cc1ccc([C@H](C)O)c(OCc2cccc(O)c2)c1. The number of rotatable bonds is 4. The summed E-state index contributed by atoms with van der Waals surface area (Å²) < 4.78 is 5.75. The van der Waals surface area contributed by atoms with E-state index in [0.29, 0.717) is 12.4 Å². The van der Waals surface area contributed by atoms with Crippen molar-refractivity contribution in [3.05, 3.63) is 59.2 Å². The zero-order chi connectivity index (χ0) is 13.8. The van der Waals surface area contributed by atoms with Gasteiger partial charge in [0.25, 0.3) is 0 Å². The summed E-state index contributed by atoms with van der Waals surface area (Å²) in [4.78, 5) is 0. The van der Waals surface area contributed by atoms with Crippen molar-refractivity contribution in [1.82, 2.24) is 0 Å². The minimum Gasteiger partial charge on any atom is -0.508 e. The van der Waals surface area contributed by atoms with E-state index in [1.807, 2.05) is 31.2 Å². The maximum Gasteiger partial charge on any atom is 0.125 e. The average Bonchev–Trinajstić information content (AvgIpc) is 2.36. The Hall–Kier alpha value is -2.00. The third-order valence-corrected chi connectivity index (χ3v) is 2.92. The van der Waals surface area contributed by atoms with Crippen LogP contribution in [0.3, 0.4) is 0 Å². The van der Waals surface area contributed by atoms with Gasteiger partial charge in [0, 0.05) is 5.56 Å². The van der Waals surface area contributed by atoms with Gasteiger partial charge in [-0.1, -0.05) is 24.3 Å². The monoisotopic (exact) mass is 258 g/mol. The van der Waals surface area contributed by atoms with Gasteiger partial charge in [-0.05, 0) is 43.2 Å². The molecular weight excluding hydrogens is 240 g/mol. The van der Waals surface area contributed by atoms with Crippen molar-refractivity contribution in [2.75, 3.05) is 0 Å². The minimum absolute atomic E-state index is 0.223. The molecule has 0 aromatic heterocycles. The molecule has 0 radical (unpaired) electrons. The topological polar surface area (TPSA) is 49.7 Å². The van der Waals surface area contributed by atoms with E-state index in [0.717, 1.165) is 16.7 Å². The predicted molar refractivity (Wildman–Crippen MR) is 74.3 cm³/mol. The van der Waals surface area contributed by atoms with Crippen molar-refractivity contribution in [2.45, 2.75) is 26.6 Å². The van der Waals surface area contributed by atoms with E-state index >= 15 is 0 Å². The lowest BCUT2D eigenvalue weighted by molar-refractivity contribution is 0.190. The highest BCUT2D eigenvalue weighted by molar-refractivity contribution is 5.38. The summed E-state index contributed by atoms with van der Waals surface area (Å²) in [6, 6.07) is 12.7. The molecule has 0 aliphatic rings. The molecule has 2 aromatic carbocycles. The molecule has 0 bridgehead atoms. The lowest BCUT2D eigenvalue weighted by Crippen LogP contribution is -2.01. The summed E-state index contributed by atoms with van der Waals surface area (Å²) in [5.41, 5.74) is 2.74. The Labute approximate surface area is 113 Å². The van der Waals surface area contributed by atoms with E-state index in [-0.39, 0.29) is 5.75 Å². The molecule has 2 aromatic rings. The van der Waals surface area contributed by atoms with Crippen LogP contribution in [0.25, 0.3) is 0 Å². The summed E-state index contributed by atoms with van der Waals surface area (Å²) in [5.74, 6) is 0.902.